The first kappa shape index (κ1) is 20.3. The summed E-state index contributed by atoms with van der Waals surface area (Å²) in [5, 5.41) is 10.2. The lowest BCUT2D eigenvalue weighted by molar-refractivity contribution is 0.280. The molecule has 0 spiro atoms. The predicted molar refractivity (Wildman–Crippen MR) is 108 cm³/mol. The van der Waals surface area contributed by atoms with E-state index in [1.54, 1.807) is 12.1 Å². The van der Waals surface area contributed by atoms with Crippen molar-refractivity contribution in [1.29, 1.82) is 0 Å². The molecule has 0 bridgehead atoms. The van der Waals surface area contributed by atoms with Gasteiger partial charge in [0.25, 0.3) is 0 Å². The van der Waals surface area contributed by atoms with Gasteiger partial charge < -0.3 is 5.11 Å². The van der Waals surface area contributed by atoms with Crippen LogP contribution in [0.3, 0.4) is 0 Å². The van der Waals surface area contributed by atoms with Crippen LogP contribution in [0.1, 0.15) is 75.9 Å². The molecule has 0 atom stereocenters. The molecular formula is C23H30FNO. The van der Waals surface area contributed by atoms with Crippen molar-refractivity contribution in [2.45, 2.75) is 60.0 Å². The molecule has 0 fully saturated rings. The number of rotatable bonds is 6. The fourth-order valence-electron chi connectivity index (χ4n) is 3.16. The van der Waals surface area contributed by atoms with Gasteiger partial charge in [0.05, 0.1) is 12.3 Å². The van der Waals surface area contributed by atoms with Crippen LogP contribution in [-0.4, -0.2) is 10.1 Å². The van der Waals surface area contributed by atoms with E-state index in [4.69, 9.17) is 4.98 Å². The van der Waals surface area contributed by atoms with Gasteiger partial charge in [0.1, 0.15) is 5.82 Å². The molecule has 3 heteroatoms. The van der Waals surface area contributed by atoms with Gasteiger partial charge in [-0.3, -0.25) is 4.98 Å². The first-order valence-corrected chi connectivity index (χ1v) is 9.37. The smallest absolute Gasteiger partial charge is 0.123 e. The van der Waals surface area contributed by atoms with Crippen molar-refractivity contribution in [2.75, 3.05) is 0 Å². The van der Waals surface area contributed by atoms with Crippen molar-refractivity contribution < 1.29 is 9.50 Å². The molecule has 0 amide bonds. The zero-order chi connectivity index (χ0) is 19.4. The molecule has 0 radical (unpaired) electrons. The van der Waals surface area contributed by atoms with Gasteiger partial charge in [-0.1, -0.05) is 65.8 Å². The number of pyridine rings is 1. The zero-order valence-electron chi connectivity index (χ0n) is 16.7. The van der Waals surface area contributed by atoms with Crippen LogP contribution in [0.2, 0.25) is 0 Å². The number of aliphatic hydroxyl groups is 1. The molecule has 0 aliphatic carbocycles. The fraction of sp³-hybridized carbons (Fsp3) is 0.435. The van der Waals surface area contributed by atoms with Crippen LogP contribution in [0.15, 0.2) is 30.3 Å². The Balaban J connectivity index is 2.91. The van der Waals surface area contributed by atoms with Crippen LogP contribution in [0.4, 0.5) is 4.39 Å². The molecule has 0 aliphatic rings. The number of benzene rings is 1. The number of aliphatic hydroxyl groups excluding tert-OH is 1. The second-order valence-corrected chi connectivity index (χ2v) is 7.73. The van der Waals surface area contributed by atoms with Crippen LogP contribution in [-0.2, 0) is 6.61 Å². The Morgan fingerprint density at radius 2 is 1.54 bits per heavy atom. The number of hydrogen-bond donors (Lipinski definition) is 1. The van der Waals surface area contributed by atoms with Crippen LogP contribution < -0.4 is 0 Å². The lowest BCUT2D eigenvalue weighted by Crippen LogP contribution is -2.10. The maximum Gasteiger partial charge on any atom is 0.123 e. The van der Waals surface area contributed by atoms with Gasteiger partial charge in [0.2, 0.25) is 0 Å². The molecule has 2 rings (SSSR count). The predicted octanol–water partition coefficient (Wildman–Crippen LogP) is 6.30. The summed E-state index contributed by atoms with van der Waals surface area (Å²) in [4.78, 5) is 4.94. The quantitative estimate of drug-likeness (QED) is 0.660. The molecule has 2 aromatic rings. The molecule has 0 saturated heterocycles. The van der Waals surface area contributed by atoms with Gasteiger partial charge >= 0.3 is 0 Å². The number of nitrogens with zero attached hydrogens (tertiary/aromatic N) is 1. The molecule has 1 heterocycles. The highest BCUT2D eigenvalue weighted by molar-refractivity contribution is 5.80. The Hall–Kier alpha value is -2.00. The van der Waals surface area contributed by atoms with Gasteiger partial charge in [0, 0.05) is 16.8 Å². The summed E-state index contributed by atoms with van der Waals surface area (Å²) in [5.74, 6) is 0.572. The largest absolute Gasteiger partial charge is 0.392 e. The number of aromatic nitrogens is 1. The normalized spacial score (nSPS) is 12.1. The maximum absolute atomic E-state index is 13.5. The minimum atomic E-state index is -0.263. The van der Waals surface area contributed by atoms with Gasteiger partial charge in [-0.05, 0) is 41.0 Å². The van der Waals surface area contributed by atoms with E-state index in [1.807, 2.05) is 0 Å². The van der Waals surface area contributed by atoms with Gasteiger partial charge in [-0.25, -0.2) is 4.39 Å². The Kier molecular flexibility index (Phi) is 6.71. The standard InChI is InChI=1S/C23H30FNO/c1-14(2)7-12-19-21(17-8-10-18(24)11-9-17)20(13-26)23(16(5)6)25-22(19)15(3)4/h7-12,14-16,26H,13H2,1-6H3/b12-7-. The lowest BCUT2D eigenvalue weighted by Gasteiger charge is -2.23. The summed E-state index contributed by atoms with van der Waals surface area (Å²) in [6.07, 6.45) is 4.25. The third-order valence-electron chi connectivity index (χ3n) is 4.43. The van der Waals surface area contributed by atoms with E-state index in [2.05, 4.69) is 53.7 Å². The second-order valence-electron chi connectivity index (χ2n) is 7.73. The Bertz CT molecular complexity index is 774. The third-order valence-corrected chi connectivity index (χ3v) is 4.43. The van der Waals surface area contributed by atoms with E-state index >= 15 is 0 Å². The number of allylic oxidation sites excluding steroid dienone is 1. The summed E-state index contributed by atoms with van der Waals surface area (Å²) < 4.78 is 13.5. The van der Waals surface area contributed by atoms with Gasteiger partial charge in [0.15, 0.2) is 0 Å². The summed E-state index contributed by atoms with van der Waals surface area (Å²) in [6, 6.07) is 6.50. The topological polar surface area (TPSA) is 33.1 Å². The molecular weight excluding hydrogens is 325 g/mol. The number of halogens is 1. The van der Waals surface area contributed by atoms with Crippen LogP contribution in [0, 0.1) is 11.7 Å². The van der Waals surface area contributed by atoms with E-state index in [1.165, 1.54) is 12.1 Å². The Morgan fingerprint density at radius 1 is 0.962 bits per heavy atom. The fourth-order valence-corrected chi connectivity index (χ4v) is 3.16. The zero-order valence-corrected chi connectivity index (χ0v) is 16.7. The molecule has 26 heavy (non-hydrogen) atoms. The first-order valence-electron chi connectivity index (χ1n) is 9.37. The SMILES string of the molecule is CC(C)/C=C\c1c(C(C)C)nc(C(C)C)c(CO)c1-c1ccc(F)cc1. The Labute approximate surface area is 156 Å². The number of hydrogen-bond acceptors (Lipinski definition) is 2. The van der Waals surface area contributed by atoms with E-state index in [0.29, 0.717) is 5.92 Å². The molecule has 0 aliphatic heterocycles. The van der Waals surface area contributed by atoms with E-state index in [9.17, 15) is 9.50 Å². The van der Waals surface area contributed by atoms with Crippen molar-refractivity contribution in [2.24, 2.45) is 5.92 Å². The lowest BCUT2D eigenvalue weighted by atomic mass is 9.87. The van der Waals surface area contributed by atoms with E-state index < -0.39 is 0 Å². The summed E-state index contributed by atoms with van der Waals surface area (Å²) in [6.45, 7) is 12.6. The maximum atomic E-state index is 13.5. The van der Waals surface area contributed by atoms with Crippen molar-refractivity contribution in [3.05, 3.63) is 58.7 Å². The monoisotopic (exact) mass is 355 g/mol. The molecule has 0 saturated carbocycles. The molecule has 1 aromatic carbocycles. The van der Waals surface area contributed by atoms with E-state index in [-0.39, 0.29) is 24.3 Å². The van der Waals surface area contributed by atoms with Crippen LogP contribution in [0.25, 0.3) is 17.2 Å². The summed E-state index contributed by atoms with van der Waals surface area (Å²) >= 11 is 0. The van der Waals surface area contributed by atoms with Crippen molar-refractivity contribution in [3.8, 4) is 11.1 Å². The van der Waals surface area contributed by atoms with Crippen LogP contribution in [0.5, 0.6) is 0 Å². The minimum absolute atomic E-state index is 0.0892. The average Bonchev–Trinajstić information content (AvgIpc) is 2.58. The second kappa shape index (κ2) is 8.59. The Morgan fingerprint density at radius 3 is 2.00 bits per heavy atom. The summed E-state index contributed by atoms with van der Waals surface area (Å²) in [7, 11) is 0. The van der Waals surface area contributed by atoms with Gasteiger partial charge in [-0.15, -0.1) is 0 Å². The first-order chi connectivity index (χ1) is 12.3. The highest BCUT2D eigenvalue weighted by atomic mass is 19.1. The highest BCUT2D eigenvalue weighted by Crippen LogP contribution is 2.37. The van der Waals surface area contributed by atoms with Crippen molar-refractivity contribution in [3.63, 3.8) is 0 Å². The summed E-state index contributed by atoms with van der Waals surface area (Å²) in [5.41, 5.74) is 5.66. The molecule has 2 nitrogen and oxygen atoms in total. The third kappa shape index (κ3) is 4.39. The average molecular weight is 355 g/mol. The van der Waals surface area contributed by atoms with Crippen molar-refractivity contribution in [1.82, 2.24) is 4.98 Å². The molecule has 0 unspecified atom stereocenters. The van der Waals surface area contributed by atoms with E-state index in [0.717, 1.165) is 33.6 Å². The van der Waals surface area contributed by atoms with Crippen LogP contribution >= 0.6 is 0 Å². The molecule has 1 aromatic heterocycles. The highest BCUT2D eigenvalue weighted by Gasteiger charge is 2.22. The van der Waals surface area contributed by atoms with Gasteiger partial charge in [-0.2, -0.15) is 0 Å². The molecule has 140 valence electrons. The molecule has 1 N–H and O–H groups in total. The minimum Gasteiger partial charge on any atom is -0.392 e. The van der Waals surface area contributed by atoms with Crippen molar-refractivity contribution >= 4 is 6.08 Å².